The van der Waals surface area contributed by atoms with Crippen LogP contribution in [0.5, 0.6) is 0 Å². The molecular weight excluding hydrogens is 705 g/mol. The summed E-state index contributed by atoms with van der Waals surface area (Å²) < 4.78 is 0. The molecule has 0 radical (unpaired) electrons. The standard InChI is InChI=1S/C54H50N2Si/c1-57(2)52-24-13-12-21-49(52)50-22-14-23-51(53(50)57)56(46-19-10-5-11-20-46)48-31-27-41(28-32-48)54(42-34-38-33-39(36-42)37-43(54)35-38)40-25-29-47(30-26-40)55(44-15-6-3-7-16-44)45-17-8-4-9-18-45/h3-32,38-39,42-43H,33-37H2,1-2H3. The summed E-state index contributed by atoms with van der Waals surface area (Å²) in [6, 6.07) is 68.5. The summed E-state index contributed by atoms with van der Waals surface area (Å²) in [6.07, 6.45) is 6.85. The molecule has 0 aromatic heterocycles. The van der Waals surface area contributed by atoms with Gasteiger partial charge in [0.25, 0.3) is 0 Å². The Morgan fingerprint density at radius 2 is 0.825 bits per heavy atom. The molecule has 4 saturated carbocycles. The molecule has 7 aromatic rings. The number of hydrogen-bond donors (Lipinski definition) is 0. The lowest BCUT2D eigenvalue weighted by molar-refractivity contribution is -0.0418. The highest BCUT2D eigenvalue weighted by Crippen LogP contribution is 2.65. The van der Waals surface area contributed by atoms with Crippen LogP contribution in [0.4, 0.5) is 34.1 Å². The molecule has 57 heavy (non-hydrogen) atoms. The van der Waals surface area contributed by atoms with Crippen molar-refractivity contribution in [1.29, 1.82) is 0 Å². The van der Waals surface area contributed by atoms with Crippen LogP contribution in [0.25, 0.3) is 11.1 Å². The molecule has 5 aliphatic rings. The van der Waals surface area contributed by atoms with Gasteiger partial charge in [0.05, 0.1) is 0 Å². The SMILES string of the molecule is C[Si]1(C)c2ccccc2-c2cccc(N(c3ccccc3)c3ccc(C4(c5ccc(N(c6ccccc6)c6ccccc6)cc5)C5CC6CC(C5)CC4C6)cc3)c21. The maximum Gasteiger partial charge on any atom is 0.116 e. The van der Waals surface area contributed by atoms with E-state index in [0.717, 1.165) is 11.8 Å². The topological polar surface area (TPSA) is 6.48 Å². The van der Waals surface area contributed by atoms with Crippen LogP contribution in [-0.4, -0.2) is 8.07 Å². The highest BCUT2D eigenvalue weighted by atomic mass is 28.3. The Bertz CT molecular complexity index is 2480. The van der Waals surface area contributed by atoms with Crippen molar-refractivity contribution in [2.45, 2.75) is 50.6 Å². The van der Waals surface area contributed by atoms with Gasteiger partial charge < -0.3 is 9.80 Å². The lowest BCUT2D eigenvalue weighted by Crippen LogP contribution is -2.56. The molecule has 3 heteroatoms. The predicted octanol–water partition coefficient (Wildman–Crippen LogP) is 13.2. The van der Waals surface area contributed by atoms with E-state index < -0.39 is 8.07 Å². The Morgan fingerprint density at radius 3 is 1.35 bits per heavy atom. The van der Waals surface area contributed by atoms with E-state index in [9.17, 15) is 0 Å². The first-order chi connectivity index (χ1) is 28.0. The zero-order valence-corrected chi connectivity index (χ0v) is 34.1. The molecule has 4 fully saturated rings. The summed E-state index contributed by atoms with van der Waals surface area (Å²) in [5.74, 6) is 3.10. The van der Waals surface area contributed by atoms with Gasteiger partial charge in [-0.05, 0) is 155 Å². The number of benzene rings is 7. The summed E-state index contributed by atoms with van der Waals surface area (Å²) in [6.45, 7) is 5.07. The third-order valence-electron chi connectivity index (χ3n) is 14.5. The van der Waals surface area contributed by atoms with Crippen LogP contribution in [0.15, 0.2) is 182 Å². The van der Waals surface area contributed by atoms with Gasteiger partial charge in [-0.25, -0.2) is 0 Å². The van der Waals surface area contributed by atoms with E-state index in [1.807, 2.05) is 0 Å². The number of hydrogen-bond acceptors (Lipinski definition) is 2. The van der Waals surface area contributed by atoms with Crippen molar-refractivity contribution in [1.82, 2.24) is 0 Å². The van der Waals surface area contributed by atoms with Crippen molar-refractivity contribution in [3.8, 4) is 11.1 Å². The smallest absolute Gasteiger partial charge is 0.116 e. The van der Waals surface area contributed by atoms with Gasteiger partial charge in [-0.3, -0.25) is 0 Å². The monoisotopic (exact) mass is 754 g/mol. The molecule has 1 heterocycles. The molecule has 0 unspecified atom stereocenters. The van der Waals surface area contributed by atoms with Gasteiger partial charge in [-0.1, -0.05) is 128 Å². The highest BCUT2D eigenvalue weighted by molar-refractivity contribution is 7.04. The van der Waals surface area contributed by atoms with E-state index in [2.05, 4.69) is 205 Å². The molecule has 12 rings (SSSR count). The van der Waals surface area contributed by atoms with Crippen molar-refractivity contribution in [2.24, 2.45) is 23.7 Å². The fourth-order valence-corrected chi connectivity index (χ4v) is 15.8. The van der Waals surface area contributed by atoms with E-state index in [1.54, 1.807) is 5.19 Å². The number of nitrogens with zero attached hydrogens (tertiary/aromatic N) is 2. The van der Waals surface area contributed by atoms with Gasteiger partial charge >= 0.3 is 0 Å². The average molecular weight is 755 g/mol. The lowest BCUT2D eigenvalue weighted by atomic mass is 9.42. The van der Waals surface area contributed by atoms with Crippen LogP contribution in [0.2, 0.25) is 13.1 Å². The first kappa shape index (κ1) is 34.6. The summed E-state index contributed by atoms with van der Waals surface area (Å²) >= 11 is 0. The molecule has 0 saturated heterocycles. The molecule has 1 aliphatic heterocycles. The van der Waals surface area contributed by atoms with Gasteiger partial charge in [-0.2, -0.15) is 0 Å². The second kappa shape index (κ2) is 13.5. The zero-order chi connectivity index (χ0) is 38.1. The molecule has 0 spiro atoms. The molecule has 0 atom stereocenters. The lowest BCUT2D eigenvalue weighted by Gasteiger charge is -2.62. The molecule has 4 aliphatic carbocycles. The van der Waals surface area contributed by atoms with Crippen molar-refractivity contribution >= 4 is 52.6 Å². The summed E-state index contributed by atoms with van der Waals surface area (Å²) in [5, 5.41) is 3.08. The third kappa shape index (κ3) is 5.42. The summed E-state index contributed by atoms with van der Waals surface area (Å²) in [7, 11) is -1.97. The van der Waals surface area contributed by atoms with E-state index in [1.165, 1.54) is 93.7 Å². The normalized spacial score (nSPS) is 23.5. The van der Waals surface area contributed by atoms with E-state index in [-0.39, 0.29) is 5.41 Å². The highest BCUT2D eigenvalue weighted by Gasteiger charge is 2.58. The van der Waals surface area contributed by atoms with Gasteiger partial charge in [-0.15, -0.1) is 0 Å². The van der Waals surface area contributed by atoms with Gasteiger partial charge in [0, 0.05) is 39.5 Å². The van der Waals surface area contributed by atoms with Crippen molar-refractivity contribution in [3.63, 3.8) is 0 Å². The van der Waals surface area contributed by atoms with E-state index in [4.69, 9.17) is 0 Å². The Kier molecular flexibility index (Phi) is 8.19. The second-order valence-corrected chi connectivity index (χ2v) is 22.1. The van der Waals surface area contributed by atoms with Gasteiger partial charge in [0.15, 0.2) is 0 Å². The first-order valence-electron chi connectivity index (χ1n) is 21.2. The van der Waals surface area contributed by atoms with Crippen molar-refractivity contribution in [2.75, 3.05) is 9.80 Å². The Balaban J connectivity index is 1.03. The molecule has 7 aromatic carbocycles. The maximum absolute atomic E-state index is 2.54. The average Bonchev–Trinajstić information content (AvgIpc) is 3.49. The fourth-order valence-electron chi connectivity index (χ4n) is 12.4. The predicted molar refractivity (Wildman–Crippen MR) is 242 cm³/mol. The minimum absolute atomic E-state index is 0.0108. The first-order valence-corrected chi connectivity index (χ1v) is 24.2. The Hall–Kier alpha value is -5.64. The number of anilines is 6. The van der Waals surface area contributed by atoms with Crippen molar-refractivity contribution in [3.05, 3.63) is 193 Å². The van der Waals surface area contributed by atoms with Crippen LogP contribution in [0.3, 0.4) is 0 Å². The quantitative estimate of drug-likeness (QED) is 0.143. The summed E-state index contributed by atoms with van der Waals surface area (Å²) in [5.41, 5.74) is 13.2. The van der Waals surface area contributed by atoms with Crippen LogP contribution < -0.4 is 20.2 Å². The number of para-hydroxylation sites is 3. The number of fused-ring (bicyclic) bond motifs is 3. The largest absolute Gasteiger partial charge is 0.311 e. The molecule has 0 amide bonds. The molecule has 2 nitrogen and oxygen atoms in total. The minimum Gasteiger partial charge on any atom is -0.311 e. The van der Waals surface area contributed by atoms with Crippen LogP contribution in [0.1, 0.15) is 43.2 Å². The van der Waals surface area contributed by atoms with Gasteiger partial charge in [0.2, 0.25) is 0 Å². The Morgan fingerprint density at radius 1 is 0.404 bits per heavy atom. The number of rotatable bonds is 8. The Labute approximate surface area is 339 Å². The van der Waals surface area contributed by atoms with Crippen LogP contribution >= 0.6 is 0 Å². The molecular formula is C54H50N2Si. The van der Waals surface area contributed by atoms with Crippen molar-refractivity contribution < 1.29 is 0 Å². The zero-order valence-electron chi connectivity index (χ0n) is 33.1. The minimum atomic E-state index is -1.97. The fraction of sp³-hybridized carbons (Fsp3) is 0.222. The molecule has 4 bridgehead atoms. The maximum atomic E-state index is 2.54. The third-order valence-corrected chi connectivity index (χ3v) is 18.0. The second-order valence-electron chi connectivity index (χ2n) is 17.8. The molecule has 0 N–H and O–H groups in total. The van der Waals surface area contributed by atoms with Gasteiger partial charge in [0.1, 0.15) is 8.07 Å². The van der Waals surface area contributed by atoms with Crippen LogP contribution in [-0.2, 0) is 5.41 Å². The van der Waals surface area contributed by atoms with Crippen LogP contribution in [0, 0.1) is 23.7 Å². The van der Waals surface area contributed by atoms with E-state index in [0.29, 0.717) is 11.8 Å². The molecule has 280 valence electrons. The summed E-state index contributed by atoms with van der Waals surface area (Å²) in [4.78, 5) is 4.94. The van der Waals surface area contributed by atoms with E-state index >= 15 is 0 Å².